The normalized spacial score (nSPS) is 19.3. The third-order valence-electron chi connectivity index (χ3n) is 5.36. The van der Waals surface area contributed by atoms with Crippen LogP contribution in [0.5, 0.6) is 5.88 Å². The van der Waals surface area contributed by atoms with Crippen molar-refractivity contribution in [3.05, 3.63) is 41.6 Å². The van der Waals surface area contributed by atoms with E-state index in [0.29, 0.717) is 28.0 Å². The Morgan fingerprint density at radius 2 is 2.11 bits per heavy atom. The molecule has 7 nitrogen and oxygen atoms in total. The number of aromatic hydroxyl groups is 1. The molecule has 0 amide bonds. The van der Waals surface area contributed by atoms with Crippen LogP contribution in [0.15, 0.2) is 30.5 Å². The maximum atomic E-state index is 10.3. The summed E-state index contributed by atoms with van der Waals surface area (Å²) in [4.78, 5) is 7.48. The molecule has 6 N–H and O–H groups in total. The van der Waals surface area contributed by atoms with Gasteiger partial charge >= 0.3 is 0 Å². The molecule has 0 bridgehead atoms. The van der Waals surface area contributed by atoms with Crippen LogP contribution in [-0.4, -0.2) is 27.2 Å². The second-order valence-corrected chi connectivity index (χ2v) is 7.42. The zero-order chi connectivity index (χ0) is 19.7. The van der Waals surface area contributed by atoms with Crippen LogP contribution in [0.4, 0.5) is 17.3 Å². The molecule has 3 aromatic rings. The lowest BCUT2D eigenvalue weighted by molar-refractivity contribution is 0.403. The number of nitrogens with one attached hydrogen (secondary N) is 3. The van der Waals surface area contributed by atoms with Gasteiger partial charge in [0.25, 0.3) is 0 Å². The Morgan fingerprint density at radius 1 is 1.29 bits per heavy atom. The largest absolute Gasteiger partial charge is 0.494 e. The fourth-order valence-corrected chi connectivity index (χ4v) is 3.88. The number of anilines is 3. The summed E-state index contributed by atoms with van der Waals surface area (Å²) in [5.74, 6) is 0.965. The predicted molar refractivity (Wildman–Crippen MR) is 111 cm³/mol. The Balaban J connectivity index is 1.79. The minimum Gasteiger partial charge on any atom is -0.494 e. The highest BCUT2D eigenvalue weighted by atomic mass is 16.3. The zero-order valence-corrected chi connectivity index (χ0v) is 15.8. The van der Waals surface area contributed by atoms with Crippen LogP contribution in [0.3, 0.4) is 0 Å². The van der Waals surface area contributed by atoms with Gasteiger partial charge in [-0.05, 0) is 37.5 Å². The number of aryl methyl sites for hydroxylation is 1. The molecule has 1 aliphatic carbocycles. The van der Waals surface area contributed by atoms with E-state index in [9.17, 15) is 10.4 Å². The Morgan fingerprint density at radius 3 is 2.86 bits per heavy atom. The number of nitrogens with zero attached hydrogens (tertiary/aromatic N) is 2. The molecule has 1 fully saturated rings. The molecule has 1 aromatic carbocycles. The maximum absolute atomic E-state index is 10.3. The van der Waals surface area contributed by atoms with E-state index in [1.165, 1.54) is 0 Å². The van der Waals surface area contributed by atoms with Crippen LogP contribution >= 0.6 is 0 Å². The minimum absolute atomic E-state index is 0.0185. The number of benzene rings is 1. The fraction of sp³-hybridized carbons (Fsp3) is 0.333. The maximum Gasteiger partial charge on any atom is 0.200 e. The van der Waals surface area contributed by atoms with Crippen LogP contribution in [0.1, 0.15) is 36.8 Å². The summed E-state index contributed by atoms with van der Waals surface area (Å²) in [5, 5.41) is 27.9. The average molecular weight is 376 g/mol. The highest BCUT2D eigenvalue weighted by Gasteiger charge is 2.25. The van der Waals surface area contributed by atoms with Gasteiger partial charge in [-0.3, -0.25) is 0 Å². The summed E-state index contributed by atoms with van der Waals surface area (Å²) >= 11 is 0. The molecule has 2 heterocycles. The topological polar surface area (TPSA) is 123 Å². The number of rotatable bonds is 4. The summed E-state index contributed by atoms with van der Waals surface area (Å²) in [6, 6.07) is 10.2. The summed E-state index contributed by atoms with van der Waals surface area (Å²) in [5.41, 5.74) is 8.65. The van der Waals surface area contributed by atoms with Gasteiger partial charge in [0.05, 0.1) is 5.39 Å². The lowest BCUT2D eigenvalue weighted by Gasteiger charge is -2.30. The number of hydrogen-bond acceptors (Lipinski definition) is 6. The summed E-state index contributed by atoms with van der Waals surface area (Å²) < 4.78 is 0. The average Bonchev–Trinajstić information content (AvgIpc) is 3.06. The molecule has 144 valence electrons. The minimum atomic E-state index is -0.0185. The SMILES string of the molecule is Cc1cccc(Nc2nc(N[C@@H]3CCCC[C@@H]3N)c(C#N)c3c[nH]c(O)c23)c1. The van der Waals surface area contributed by atoms with E-state index in [2.05, 4.69) is 26.7 Å². The lowest BCUT2D eigenvalue weighted by Crippen LogP contribution is -2.42. The number of nitrogens with two attached hydrogens (primary N) is 1. The van der Waals surface area contributed by atoms with Gasteiger partial charge < -0.3 is 26.5 Å². The third-order valence-corrected chi connectivity index (χ3v) is 5.36. The van der Waals surface area contributed by atoms with E-state index in [1.54, 1.807) is 6.20 Å². The number of aromatic amines is 1. The van der Waals surface area contributed by atoms with E-state index in [4.69, 9.17) is 5.73 Å². The molecule has 0 unspecified atom stereocenters. The van der Waals surface area contributed by atoms with E-state index in [1.807, 2.05) is 31.2 Å². The van der Waals surface area contributed by atoms with Gasteiger partial charge in [-0.15, -0.1) is 0 Å². The smallest absolute Gasteiger partial charge is 0.200 e. The summed E-state index contributed by atoms with van der Waals surface area (Å²) in [6.07, 6.45) is 5.78. The quantitative estimate of drug-likeness (QED) is 0.471. The first-order valence-electron chi connectivity index (χ1n) is 9.56. The van der Waals surface area contributed by atoms with Gasteiger partial charge in [-0.2, -0.15) is 5.26 Å². The number of hydrogen-bond donors (Lipinski definition) is 5. The fourth-order valence-electron chi connectivity index (χ4n) is 3.88. The lowest BCUT2D eigenvalue weighted by atomic mass is 9.91. The molecule has 1 aliphatic rings. The van der Waals surface area contributed by atoms with Crippen molar-refractivity contribution in [3.63, 3.8) is 0 Å². The first-order valence-corrected chi connectivity index (χ1v) is 9.56. The Labute approximate surface area is 163 Å². The molecular formula is C21H24N6O. The van der Waals surface area contributed by atoms with Crippen LogP contribution in [0.25, 0.3) is 10.8 Å². The van der Waals surface area contributed by atoms with E-state index >= 15 is 0 Å². The first-order chi connectivity index (χ1) is 13.6. The number of fused-ring (bicyclic) bond motifs is 1. The van der Waals surface area contributed by atoms with Gasteiger partial charge in [0, 0.05) is 29.4 Å². The molecule has 28 heavy (non-hydrogen) atoms. The van der Waals surface area contributed by atoms with Crippen molar-refractivity contribution < 1.29 is 5.11 Å². The Kier molecular flexibility index (Phi) is 4.80. The molecule has 1 saturated carbocycles. The second kappa shape index (κ2) is 7.41. The first kappa shape index (κ1) is 18.1. The zero-order valence-electron chi connectivity index (χ0n) is 15.8. The number of pyridine rings is 1. The summed E-state index contributed by atoms with van der Waals surface area (Å²) in [7, 11) is 0. The highest BCUT2D eigenvalue weighted by Crippen LogP contribution is 2.37. The molecular weight excluding hydrogens is 352 g/mol. The number of aromatic nitrogens is 2. The Bertz CT molecular complexity index is 1050. The number of H-pyrrole nitrogens is 1. The van der Waals surface area contributed by atoms with Crippen molar-refractivity contribution in [1.82, 2.24) is 9.97 Å². The van der Waals surface area contributed by atoms with Gasteiger partial charge in [0.2, 0.25) is 0 Å². The number of nitriles is 1. The molecule has 0 spiro atoms. The van der Waals surface area contributed by atoms with E-state index < -0.39 is 0 Å². The van der Waals surface area contributed by atoms with Gasteiger partial charge in [-0.1, -0.05) is 25.0 Å². The van der Waals surface area contributed by atoms with Gasteiger partial charge in [-0.25, -0.2) is 4.98 Å². The van der Waals surface area contributed by atoms with Crippen LogP contribution in [0, 0.1) is 18.3 Å². The third kappa shape index (κ3) is 3.35. The molecule has 0 radical (unpaired) electrons. The summed E-state index contributed by atoms with van der Waals surface area (Å²) in [6.45, 7) is 2.01. The predicted octanol–water partition coefficient (Wildman–Crippen LogP) is 3.87. The standard InChI is InChI=1S/C21H24N6O/c1-12-5-4-6-13(9-12)25-20-18-15(11-24-21(18)28)14(10-22)19(27-20)26-17-8-3-2-7-16(17)23/h4-6,9,11,16-17,24,26,28H,2-3,7-8,23H2,1H3,(H,25,27)/t16-,17+/m0/s1. The van der Waals surface area contributed by atoms with E-state index in [0.717, 1.165) is 36.9 Å². The molecule has 0 aliphatic heterocycles. The van der Waals surface area contributed by atoms with Crippen LogP contribution < -0.4 is 16.4 Å². The van der Waals surface area contributed by atoms with Gasteiger partial charge in [0.1, 0.15) is 23.3 Å². The van der Waals surface area contributed by atoms with Crippen molar-refractivity contribution in [2.45, 2.75) is 44.7 Å². The second-order valence-electron chi connectivity index (χ2n) is 7.42. The monoisotopic (exact) mass is 376 g/mol. The molecule has 0 saturated heterocycles. The van der Waals surface area contributed by atoms with Crippen LogP contribution in [0.2, 0.25) is 0 Å². The van der Waals surface area contributed by atoms with Crippen molar-refractivity contribution in [2.24, 2.45) is 5.73 Å². The van der Waals surface area contributed by atoms with Crippen LogP contribution in [-0.2, 0) is 0 Å². The van der Waals surface area contributed by atoms with Gasteiger partial charge in [0.15, 0.2) is 5.88 Å². The molecule has 4 rings (SSSR count). The molecule has 2 aromatic heterocycles. The molecule has 7 heteroatoms. The Hall–Kier alpha value is -3.24. The highest BCUT2D eigenvalue weighted by molar-refractivity contribution is 6.03. The van der Waals surface area contributed by atoms with Crippen molar-refractivity contribution in [1.29, 1.82) is 5.26 Å². The van der Waals surface area contributed by atoms with Crippen molar-refractivity contribution in [3.8, 4) is 11.9 Å². The molecule has 2 atom stereocenters. The van der Waals surface area contributed by atoms with Crippen molar-refractivity contribution >= 4 is 28.1 Å². The van der Waals surface area contributed by atoms with E-state index in [-0.39, 0.29) is 18.0 Å². The van der Waals surface area contributed by atoms with Crippen molar-refractivity contribution in [2.75, 3.05) is 10.6 Å².